The maximum atomic E-state index is 6.62. The molecule has 14 heteroatoms. The quantitative estimate of drug-likeness (QED) is 0.133. The fraction of sp³-hybridized carbons (Fsp3) is 0.0698. The Morgan fingerprint density at radius 1 is 0.259 bits per heavy atom. The van der Waals surface area contributed by atoms with Crippen molar-refractivity contribution in [1.29, 1.82) is 0 Å². The molecule has 0 radical (unpaired) electrons. The molecule has 0 amide bonds. The molecule has 0 N–H and O–H groups in total. The Hall–Kier alpha value is -16.7. The molecule has 0 bridgehead atoms. The summed E-state index contributed by atoms with van der Waals surface area (Å²) in [7, 11) is -6.15. The first-order valence-electron chi connectivity index (χ1n) is 49.4. The fourth-order valence-corrected chi connectivity index (χ4v) is 34.3. The monoisotopic (exact) mass is 1900 g/mol. The van der Waals surface area contributed by atoms with Crippen molar-refractivity contribution in [3.8, 4) is 130 Å². The van der Waals surface area contributed by atoms with Crippen LogP contribution in [-0.4, -0.2) is 67.8 Å². The molecule has 0 atom stereocenters. The fourth-order valence-electron chi connectivity index (χ4n) is 24.3. The van der Waals surface area contributed by atoms with E-state index in [4.69, 9.17) is 34.3 Å². The van der Waals surface area contributed by atoms with E-state index in [0.29, 0.717) is 0 Å². The minimum absolute atomic E-state index is 0.128. The third-order valence-electron chi connectivity index (χ3n) is 31.1. The van der Waals surface area contributed by atoms with E-state index < -0.39 is 24.2 Å². The number of thiophene rings is 1. The molecule has 10 nitrogen and oxygen atoms in total. The molecular weight excluding hydrogens is 1810 g/mol. The average Bonchev–Trinajstić information content (AvgIpc) is 1.55. The second-order valence-electron chi connectivity index (χ2n) is 40.6. The van der Waals surface area contributed by atoms with Gasteiger partial charge < -0.3 is 18.1 Å². The second-order valence-corrected chi connectivity index (χ2v) is 54.4. The van der Waals surface area contributed by atoms with Gasteiger partial charge in [-0.15, -0.1) is 11.3 Å². The smallest absolute Gasteiger partial charge is 0.160 e. The molecule has 11 heterocycles. The number of hydrogen-bond acceptors (Lipinski definition) is 8. The highest BCUT2D eigenvalue weighted by Crippen LogP contribution is 2.55. The standard InChI is InChI=1S/C45H35N3Si.C42H29N3OSi.C42H29N3SSi/c1-45(2)36-19-11-8-16-31(36)33-26-27-34-32-17-9-12-20-37(32)48(42(34)40(33)45)30-24-22-28(23-25-30)41-39-35-18-10-13-21-38(35)49(3,4)44(39)47-43(46-41)29-14-6-5-7-15-29;2*1-47(2)36-22-11-8-19-33(36)37-38(43-41(44-42(37)47)26-13-4-3-5-14-26)27-15-12-16-28(25-27)45-34-20-9-6-17-29(34)31-23-24-32-30-18-7-10-21-35(30)46-40(32)39(31)45/h5-27H,1-4H3;2*3-25H,1-2H3. The molecule has 0 saturated heterocycles. The highest BCUT2D eigenvalue weighted by molar-refractivity contribution is 7.26. The molecule has 0 unspecified atom stereocenters. The Balaban J connectivity index is 0.000000105. The molecule has 0 saturated carbocycles. The Labute approximate surface area is 834 Å². The summed E-state index contributed by atoms with van der Waals surface area (Å²) in [5, 5.41) is 20.3. The van der Waals surface area contributed by atoms with Crippen LogP contribution in [0.25, 0.3) is 237 Å². The summed E-state index contributed by atoms with van der Waals surface area (Å²) < 4.78 is 16.6. The van der Waals surface area contributed by atoms with Gasteiger partial charge in [0.05, 0.1) is 54.9 Å². The molecule has 1 aliphatic carbocycles. The van der Waals surface area contributed by atoms with Crippen molar-refractivity contribution in [2.24, 2.45) is 0 Å². The Morgan fingerprint density at radius 3 is 1.13 bits per heavy atom. The van der Waals surface area contributed by atoms with Crippen LogP contribution in [0.2, 0.25) is 39.3 Å². The van der Waals surface area contributed by atoms with Crippen LogP contribution in [0, 0.1) is 0 Å². The van der Waals surface area contributed by atoms with Gasteiger partial charge in [0.15, 0.2) is 23.1 Å². The predicted molar refractivity (Wildman–Crippen MR) is 606 cm³/mol. The van der Waals surface area contributed by atoms with E-state index in [0.717, 1.165) is 118 Å². The summed E-state index contributed by atoms with van der Waals surface area (Å²) in [6.45, 7) is 19.3. The number of rotatable bonds is 9. The molecule has 678 valence electrons. The number of hydrogen-bond donors (Lipinski definition) is 0. The largest absolute Gasteiger partial charge is 0.454 e. The molecule has 0 spiro atoms. The topological polar surface area (TPSA) is 105 Å². The summed E-state index contributed by atoms with van der Waals surface area (Å²) in [6.07, 6.45) is 0. The van der Waals surface area contributed by atoms with E-state index in [-0.39, 0.29) is 5.41 Å². The summed E-state index contributed by atoms with van der Waals surface area (Å²) in [5.74, 6) is 2.37. The Bertz CT molecular complexity index is 9500. The Morgan fingerprint density at radius 2 is 0.629 bits per heavy atom. The minimum atomic E-state index is -2.06. The van der Waals surface area contributed by atoms with Crippen LogP contribution < -0.4 is 31.5 Å². The molecule has 30 rings (SSSR count). The van der Waals surface area contributed by atoms with Crippen LogP contribution in [0.5, 0.6) is 0 Å². The lowest BCUT2D eigenvalue weighted by atomic mass is 9.81. The van der Waals surface area contributed by atoms with E-state index in [1.807, 2.05) is 23.5 Å². The van der Waals surface area contributed by atoms with Gasteiger partial charge >= 0.3 is 0 Å². The van der Waals surface area contributed by atoms with Gasteiger partial charge in [-0.3, -0.25) is 0 Å². The number of fused-ring (bicyclic) bond motifs is 30. The molecule has 4 aliphatic rings. The lowest BCUT2D eigenvalue weighted by Crippen LogP contribution is -2.50. The van der Waals surface area contributed by atoms with Gasteiger partial charge in [0, 0.05) is 147 Å². The van der Waals surface area contributed by atoms with Crippen LogP contribution in [0.4, 0.5) is 0 Å². The van der Waals surface area contributed by atoms with Gasteiger partial charge in [0.25, 0.3) is 0 Å². The zero-order valence-electron chi connectivity index (χ0n) is 80.2. The second kappa shape index (κ2) is 31.9. The van der Waals surface area contributed by atoms with Crippen molar-refractivity contribution in [3.63, 3.8) is 0 Å². The van der Waals surface area contributed by atoms with Crippen molar-refractivity contribution in [1.82, 2.24) is 43.6 Å². The number of benzene rings is 18. The van der Waals surface area contributed by atoms with E-state index in [9.17, 15) is 0 Å². The minimum Gasteiger partial charge on any atom is -0.454 e. The third kappa shape index (κ3) is 12.7. The molecule has 0 fully saturated rings. The summed E-state index contributed by atoms with van der Waals surface area (Å²) in [6, 6.07) is 151. The van der Waals surface area contributed by atoms with Crippen LogP contribution in [-0.2, 0) is 5.41 Å². The highest BCUT2D eigenvalue weighted by atomic mass is 32.1. The third-order valence-corrected chi connectivity index (χ3v) is 42.3. The SMILES string of the molecule is CC1(C)c2ccccc2-c2ccc3c4ccccc4n(-c4ccc(-c5nc(-c6ccccc6)nc6c5-c5ccccc5[Si]6(C)C)cc4)c3c21.C[Si]1(C)c2ccccc2-c2c(-c3cccc(-n4c5ccccc5c5ccc6c7ccccc7oc6c54)c3)nc(-c3ccccc3)nc21.C[Si]1(C)c2ccccc2-c2c(-c3cccc(-n4c5ccccc5c5ccc6c7ccccc7sc6c54)c3)nc(-c3ccccc3)nc21. The molecule has 3 aliphatic heterocycles. The summed E-state index contributed by atoms with van der Waals surface area (Å²) in [4.78, 5) is 32.0. The van der Waals surface area contributed by atoms with E-state index in [2.05, 4.69) is 473 Å². The van der Waals surface area contributed by atoms with Crippen LogP contribution >= 0.6 is 11.3 Å². The number of furan rings is 1. The first-order chi connectivity index (χ1) is 70.0. The maximum absolute atomic E-state index is 6.62. The average molecular weight is 1900 g/mol. The molecule has 26 aromatic rings. The van der Waals surface area contributed by atoms with Crippen LogP contribution in [0.15, 0.2) is 423 Å². The zero-order valence-corrected chi connectivity index (χ0v) is 84.0. The van der Waals surface area contributed by atoms with Crippen molar-refractivity contribution in [2.75, 3.05) is 0 Å². The van der Waals surface area contributed by atoms with Crippen molar-refractivity contribution in [2.45, 2.75) is 58.5 Å². The summed E-state index contributed by atoms with van der Waals surface area (Å²) in [5.41, 5.74) is 34.5. The Kier molecular flexibility index (Phi) is 18.8. The molecule has 18 aromatic carbocycles. The van der Waals surface area contributed by atoms with Crippen LogP contribution in [0.1, 0.15) is 25.0 Å². The maximum Gasteiger partial charge on any atom is 0.160 e. The highest BCUT2D eigenvalue weighted by Gasteiger charge is 2.46. The number of nitrogens with zero attached hydrogens (tertiary/aromatic N) is 9. The molecule has 143 heavy (non-hydrogen) atoms. The van der Waals surface area contributed by atoms with Gasteiger partial charge in [-0.1, -0.05) is 399 Å². The first kappa shape index (κ1) is 84.3. The van der Waals surface area contributed by atoms with Crippen molar-refractivity contribution < 1.29 is 4.42 Å². The predicted octanol–water partition coefficient (Wildman–Crippen LogP) is 29.7. The van der Waals surface area contributed by atoms with E-state index in [1.54, 1.807) is 0 Å². The van der Waals surface area contributed by atoms with Crippen molar-refractivity contribution >= 4 is 175 Å². The number of aromatic nitrogens is 9. The lowest BCUT2D eigenvalue weighted by molar-refractivity contribution is 0.664. The van der Waals surface area contributed by atoms with Gasteiger partial charge in [-0.05, 0) is 127 Å². The molecular formula is C129H93N9OSSi3. The van der Waals surface area contributed by atoms with E-state index >= 15 is 0 Å². The zero-order chi connectivity index (χ0) is 95.6. The number of para-hydroxylation sites is 4. The van der Waals surface area contributed by atoms with Crippen molar-refractivity contribution in [3.05, 3.63) is 430 Å². The first-order valence-corrected chi connectivity index (χ1v) is 59.2. The van der Waals surface area contributed by atoms with Gasteiger partial charge in [-0.2, -0.15) is 0 Å². The van der Waals surface area contributed by atoms with Gasteiger partial charge in [0.1, 0.15) is 29.8 Å². The molecule has 8 aromatic heterocycles. The summed E-state index contributed by atoms with van der Waals surface area (Å²) >= 11 is 1.89. The normalized spacial score (nSPS) is 14.0. The van der Waals surface area contributed by atoms with Gasteiger partial charge in [0.2, 0.25) is 0 Å². The lowest BCUT2D eigenvalue weighted by Gasteiger charge is -2.23. The van der Waals surface area contributed by atoms with Crippen LogP contribution in [0.3, 0.4) is 0 Å². The van der Waals surface area contributed by atoms with Gasteiger partial charge in [-0.25, -0.2) is 29.9 Å². The van der Waals surface area contributed by atoms with E-state index in [1.165, 1.54) is 162 Å².